The third-order valence-electron chi connectivity index (χ3n) is 5.28. The highest BCUT2D eigenvalue weighted by atomic mass is 16.5. The molecule has 0 spiro atoms. The first-order valence-corrected chi connectivity index (χ1v) is 9.88. The van der Waals surface area contributed by atoms with Gasteiger partial charge in [-0.1, -0.05) is 6.42 Å². The van der Waals surface area contributed by atoms with Crippen LogP contribution in [0.4, 0.5) is 0 Å². The maximum Gasteiger partial charge on any atom is 0.233 e. The fraction of sp³-hybridized carbons (Fsp3) is 0.619. The Morgan fingerprint density at radius 3 is 2.58 bits per heavy atom. The van der Waals surface area contributed by atoms with Gasteiger partial charge in [0.05, 0.1) is 12.3 Å². The number of rotatable bonds is 5. The molecule has 1 atom stereocenters. The van der Waals surface area contributed by atoms with Crippen molar-refractivity contribution in [2.75, 3.05) is 19.7 Å². The minimum Gasteiger partial charge on any atom is -0.477 e. The highest BCUT2D eigenvalue weighted by Crippen LogP contribution is 2.29. The quantitative estimate of drug-likeness (QED) is 0.812. The number of aryl methyl sites for hydroxylation is 3. The van der Waals surface area contributed by atoms with Gasteiger partial charge in [-0.25, -0.2) is 0 Å². The minimum absolute atomic E-state index is 0.642. The van der Waals surface area contributed by atoms with Gasteiger partial charge in [-0.2, -0.15) is 0 Å². The second kappa shape index (κ2) is 8.67. The van der Waals surface area contributed by atoms with E-state index in [1.165, 1.54) is 36.9 Å². The van der Waals surface area contributed by atoms with Crippen LogP contribution in [-0.2, 0) is 13.6 Å². The number of pyridine rings is 1. The van der Waals surface area contributed by atoms with Crippen molar-refractivity contribution in [1.29, 1.82) is 0 Å². The molecule has 2 aromatic rings. The van der Waals surface area contributed by atoms with Gasteiger partial charge in [0.2, 0.25) is 5.88 Å². The standard InChI is InChI=1S/C21H32N4O/c1-5-26-21-14-20(24(4)23-21)15-25-10-7-6-8-18(9-11-25)19-12-16(2)22-17(3)13-19/h12-14,18H,5-11,15H2,1-4H3. The normalized spacial score (nSPS) is 19.2. The summed E-state index contributed by atoms with van der Waals surface area (Å²) in [5.74, 6) is 1.38. The van der Waals surface area contributed by atoms with Crippen LogP contribution in [-0.4, -0.2) is 39.4 Å². The second-order valence-corrected chi connectivity index (χ2v) is 7.47. The van der Waals surface area contributed by atoms with E-state index >= 15 is 0 Å². The fourth-order valence-corrected chi connectivity index (χ4v) is 3.99. The molecular weight excluding hydrogens is 324 g/mol. The fourth-order valence-electron chi connectivity index (χ4n) is 3.99. The molecule has 5 heteroatoms. The summed E-state index contributed by atoms with van der Waals surface area (Å²) in [6, 6.07) is 6.63. The molecule has 1 unspecified atom stereocenters. The van der Waals surface area contributed by atoms with Crippen LogP contribution in [0.5, 0.6) is 5.88 Å². The van der Waals surface area contributed by atoms with Crippen LogP contribution in [0.2, 0.25) is 0 Å². The van der Waals surface area contributed by atoms with E-state index in [9.17, 15) is 0 Å². The molecule has 0 N–H and O–H groups in total. The molecule has 0 amide bonds. The maximum absolute atomic E-state index is 5.54. The zero-order chi connectivity index (χ0) is 18.5. The first-order chi connectivity index (χ1) is 12.5. The summed E-state index contributed by atoms with van der Waals surface area (Å²) in [5, 5.41) is 4.45. The van der Waals surface area contributed by atoms with Gasteiger partial charge in [0.25, 0.3) is 0 Å². The molecule has 3 heterocycles. The largest absolute Gasteiger partial charge is 0.477 e. The van der Waals surface area contributed by atoms with Crippen molar-refractivity contribution in [3.05, 3.63) is 40.8 Å². The van der Waals surface area contributed by atoms with Crippen LogP contribution in [0.3, 0.4) is 0 Å². The minimum atomic E-state index is 0.642. The Labute approximate surface area is 157 Å². The maximum atomic E-state index is 5.54. The monoisotopic (exact) mass is 356 g/mol. The van der Waals surface area contributed by atoms with Crippen molar-refractivity contribution in [3.63, 3.8) is 0 Å². The highest BCUT2D eigenvalue weighted by Gasteiger charge is 2.19. The van der Waals surface area contributed by atoms with Crippen LogP contribution in [0.25, 0.3) is 0 Å². The molecule has 26 heavy (non-hydrogen) atoms. The number of likely N-dealkylation sites (tertiary alicyclic amines) is 1. The Morgan fingerprint density at radius 2 is 1.85 bits per heavy atom. The number of nitrogens with zero attached hydrogens (tertiary/aromatic N) is 4. The summed E-state index contributed by atoms with van der Waals surface area (Å²) >= 11 is 0. The van der Waals surface area contributed by atoms with E-state index in [0.717, 1.165) is 36.9 Å². The molecule has 142 valence electrons. The zero-order valence-electron chi connectivity index (χ0n) is 16.7. The van der Waals surface area contributed by atoms with Gasteiger partial charge in [0.1, 0.15) is 0 Å². The zero-order valence-corrected chi connectivity index (χ0v) is 16.7. The molecule has 0 radical (unpaired) electrons. The van der Waals surface area contributed by atoms with Crippen molar-refractivity contribution in [3.8, 4) is 5.88 Å². The number of hydrogen-bond donors (Lipinski definition) is 0. The van der Waals surface area contributed by atoms with Gasteiger partial charge in [-0.15, -0.1) is 5.10 Å². The number of hydrogen-bond acceptors (Lipinski definition) is 4. The predicted molar refractivity (Wildman–Crippen MR) is 105 cm³/mol. The van der Waals surface area contributed by atoms with Gasteiger partial charge in [-0.3, -0.25) is 14.6 Å². The van der Waals surface area contributed by atoms with Crippen LogP contribution < -0.4 is 4.74 Å². The van der Waals surface area contributed by atoms with Gasteiger partial charge in [-0.05, 0) is 76.7 Å². The Balaban J connectivity index is 1.66. The third-order valence-corrected chi connectivity index (χ3v) is 5.28. The summed E-state index contributed by atoms with van der Waals surface area (Å²) < 4.78 is 7.50. The van der Waals surface area contributed by atoms with E-state index in [2.05, 4.69) is 47.0 Å². The van der Waals surface area contributed by atoms with Crippen molar-refractivity contribution in [2.45, 2.75) is 58.9 Å². The molecule has 0 aromatic carbocycles. The number of aromatic nitrogens is 3. The molecule has 3 rings (SSSR count). The second-order valence-electron chi connectivity index (χ2n) is 7.47. The Hall–Kier alpha value is -1.88. The van der Waals surface area contributed by atoms with E-state index in [-0.39, 0.29) is 0 Å². The van der Waals surface area contributed by atoms with E-state index in [1.54, 1.807) is 0 Å². The average Bonchev–Trinajstić information content (AvgIpc) is 2.89. The Morgan fingerprint density at radius 1 is 1.08 bits per heavy atom. The van der Waals surface area contributed by atoms with Gasteiger partial charge < -0.3 is 4.74 Å². The Kier molecular flexibility index (Phi) is 6.30. The van der Waals surface area contributed by atoms with E-state index < -0.39 is 0 Å². The molecule has 2 aromatic heterocycles. The lowest BCUT2D eigenvalue weighted by Crippen LogP contribution is -2.29. The van der Waals surface area contributed by atoms with Gasteiger partial charge in [0, 0.05) is 31.0 Å². The van der Waals surface area contributed by atoms with Crippen molar-refractivity contribution in [1.82, 2.24) is 19.7 Å². The lowest BCUT2D eigenvalue weighted by atomic mass is 9.89. The van der Waals surface area contributed by atoms with E-state index in [4.69, 9.17) is 4.74 Å². The smallest absolute Gasteiger partial charge is 0.233 e. The topological polar surface area (TPSA) is 43.2 Å². The molecule has 1 aliphatic rings. The summed E-state index contributed by atoms with van der Waals surface area (Å²) in [7, 11) is 2.01. The number of ether oxygens (including phenoxy) is 1. The molecular formula is C21H32N4O. The summed E-state index contributed by atoms with van der Waals surface area (Å²) in [6.45, 7) is 10.1. The van der Waals surface area contributed by atoms with Crippen LogP contribution >= 0.6 is 0 Å². The lowest BCUT2D eigenvalue weighted by molar-refractivity contribution is 0.225. The van der Waals surface area contributed by atoms with Crippen molar-refractivity contribution < 1.29 is 4.74 Å². The summed E-state index contributed by atoms with van der Waals surface area (Å²) in [5.41, 5.74) is 4.96. The molecule has 1 saturated heterocycles. The van der Waals surface area contributed by atoms with Crippen LogP contribution in [0.15, 0.2) is 18.2 Å². The van der Waals surface area contributed by atoms with E-state index in [0.29, 0.717) is 12.5 Å². The van der Waals surface area contributed by atoms with E-state index in [1.807, 2.05) is 18.7 Å². The van der Waals surface area contributed by atoms with Crippen molar-refractivity contribution in [2.24, 2.45) is 7.05 Å². The molecule has 1 aliphatic heterocycles. The highest BCUT2D eigenvalue weighted by molar-refractivity contribution is 5.24. The van der Waals surface area contributed by atoms with Crippen molar-refractivity contribution >= 4 is 0 Å². The van der Waals surface area contributed by atoms with Crippen LogP contribution in [0.1, 0.15) is 61.2 Å². The first-order valence-electron chi connectivity index (χ1n) is 9.88. The summed E-state index contributed by atoms with van der Waals surface area (Å²) in [4.78, 5) is 7.11. The first kappa shape index (κ1) is 18.9. The molecule has 5 nitrogen and oxygen atoms in total. The summed E-state index contributed by atoms with van der Waals surface area (Å²) in [6.07, 6.45) is 5.04. The molecule has 0 aliphatic carbocycles. The average molecular weight is 357 g/mol. The van der Waals surface area contributed by atoms with Crippen LogP contribution in [0, 0.1) is 13.8 Å². The Bertz CT molecular complexity index is 705. The predicted octanol–water partition coefficient (Wildman–Crippen LogP) is 3.99. The SMILES string of the molecule is CCOc1cc(CN2CCCCC(c3cc(C)nc(C)c3)CC2)n(C)n1. The molecule has 0 bridgehead atoms. The van der Waals surface area contributed by atoms with Gasteiger partial charge >= 0.3 is 0 Å². The lowest BCUT2D eigenvalue weighted by Gasteiger charge is -2.28. The third kappa shape index (κ3) is 4.85. The molecule has 1 fully saturated rings. The molecule has 0 saturated carbocycles. The van der Waals surface area contributed by atoms with Gasteiger partial charge in [0.15, 0.2) is 0 Å².